The van der Waals surface area contributed by atoms with Gasteiger partial charge in [-0.2, -0.15) is 0 Å². The predicted molar refractivity (Wildman–Crippen MR) is 82.8 cm³/mol. The molecule has 0 aliphatic heterocycles. The number of amides is 1. The maximum absolute atomic E-state index is 11.8. The molecule has 4 heteroatoms. The second kappa shape index (κ2) is 8.59. The summed E-state index contributed by atoms with van der Waals surface area (Å²) < 4.78 is 1.09. The Hall–Kier alpha value is -0.480. The predicted octanol–water partition coefficient (Wildman–Crippen LogP) is 3.94. The van der Waals surface area contributed by atoms with Gasteiger partial charge >= 0.3 is 0 Å². The molecule has 0 saturated carbocycles. The average molecular weight is 330 g/mol. The third-order valence-corrected chi connectivity index (χ3v) is 4.20. The number of carbonyl (C=O) groups excluding carboxylic acids is 1. The summed E-state index contributed by atoms with van der Waals surface area (Å²) in [6.45, 7) is 3.01. The highest BCUT2D eigenvalue weighted by Gasteiger charge is 2.07. The first-order chi connectivity index (χ1) is 8.63. The standard InChI is InChI=1S/C14H20BrNOS/c1-3-4-9-16(2)14(17)11-18-10-12-5-7-13(15)8-6-12/h5-8H,3-4,9-11H2,1-2H3. The van der Waals surface area contributed by atoms with Crippen LogP contribution < -0.4 is 0 Å². The summed E-state index contributed by atoms with van der Waals surface area (Å²) in [6.07, 6.45) is 2.21. The Bertz CT molecular complexity index is 367. The van der Waals surface area contributed by atoms with Gasteiger partial charge in [-0.1, -0.05) is 41.4 Å². The van der Waals surface area contributed by atoms with E-state index in [9.17, 15) is 4.79 Å². The van der Waals surface area contributed by atoms with Crippen LogP contribution >= 0.6 is 27.7 Å². The molecule has 0 heterocycles. The molecule has 0 aromatic heterocycles. The van der Waals surface area contributed by atoms with Crippen molar-refractivity contribution in [2.75, 3.05) is 19.3 Å². The van der Waals surface area contributed by atoms with Crippen LogP contribution in [0, 0.1) is 0 Å². The van der Waals surface area contributed by atoms with Crippen LogP contribution in [0.5, 0.6) is 0 Å². The number of hydrogen-bond acceptors (Lipinski definition) is 2. The van der Waals surface area contributed by atoms with Gasteiger partial charge in [-0.25, -0.2) is 0 Å². The zero-order chi connectivity index (χ0) is 13.4. The lowest BCUT2D eigenvalue weighted by Crippen LogP contribution is -2.29. The van der Waals surface area contributed by atoms with Crippen molar-refractivity contribution < 1.29 is 4.79 Å². The fourth-order valence-corrected chi connectivity index (χ4v) is 2.66. The number of carbonyl (C=O) groups is 1. The van der Waals surface area contributed by atoms with Gasteiger partial charge in [-0.15, -0.1) is 11.8 Å². The molecule has 2 nitrogen and oxygen atoms in total. The first-order valence-corrected chi connectivity index (χ1v) is 8.14. The smallest absolute Gasteiger partial charge is 0.232 e. The first-order valence-electron chi connectivity index (χ1n) is 6.19. The van der Waals surface area contributed by atoms with Gasteiger partial charge in [0, 0.05) is 23.8 Å². The zero-order valence-electron chi connectivity index (χ0n) is 11.0. The van der Waals surface area contributed by atoms with Crippen LogP contribution in [0.3, 0.4) is 0 Å². The number of rotatable bonds is 7. The normalized spacial score (nSPS) is 10.4. The molecule has 1 aromatic rings. The van der Waals surface area contributed by atoms with E-state index in [-0.39, 0.29) is 5.91 Å². The summed E-state index contributed by atoms with van der Waals surface area (Å²) in [5.74, 6) is 1.68. The minimum absolute atomic E-state index is 0.227. The van der Waals surface area contributed by atoms with Crippen molar-refractivity contribution in [1.29, 1.82) is 0 Å². The number of halogens is 1. The summed E-state index contributed by atoms with van der Waals surface area (Å²) in [5, 5.41) is 0. The maximum Gasteiger partial charge on any atom is 0.232 e. The topological polar surface area (TPSA) is 20.3 Å². The number of thioether (sulfide) groups is 1. The second-order valence-electron chi connectivity index (χ2n) is 4.29. The van der Waals surface area contributed by atoms with E-state index in [1.165, 1.54) is 5.56 Å². The van der Waals surface area contributed by atoms with Gasteiger partial charge in [0.15, 0.2) is 0 Å². The third-order valence-electron chi connectivity index (χ3n) is 2.68. The van der Waals surface area contributed by atoms with Gasteiger partial charge in [0.25, 0.3) is 0 Å². The lowest BCUT2D eigenvalue weighted by Gasteiger charge is -2.16. The third kappa shape index (κ3) is 5.91. The van der Waals surface area contributed by atoms with E-state index in [0.717, 1.165) is 29.6 Å². The molecular formula is C14H20BrNOS. The SMILES string of the molecule is CCCCN(C)C(=O)CSCc1ccc(Br)cc1. The van der Waals surface area contributed by atoms with Crippen molar-refractivity contribution in [1.82, 2.24) is 4.90 Å². The lowest BCUT2D eigenvalue weighted by molar-refractivity contribution is -0.127. The van der Waals surface area contributed by atoms with Crippen molar-refractivity contribution in [3.63, 3.8) is 0 Å². The summed E-state index contributed by atoms with van der Waals surface area (Å²) in [7, 11) is 1.89. The summed E-state index contributed by atoms with van der Waals surface area (Å²) in [4.78, 5) is 13.6. The highest BCUT2D eigenvalue weighted by atomic mass is 79.9. The van der Waals surface area contributed by atoms with Crippen LogP contribution in [0.15, 0.2) is 28.7 Å². The average Bonchev–Trinajstić information content (AvgIpc) is 2.38. The van der Waals surface area contributed by atoms with Crippen molar-refractivity contribution in [2.24, 2.45) is 0 Å². The molecule has 0 bridgehead atoms. The Morgan fingerprint density at radius 2 is 2.00 bits per heavy atom. The van der Waals surface area contributed by atoms with Gasteiger partial charge in [0.2, 0.25) is 5.91 Å². The molecule has 1 rings (SSSR count). The highest BCUT2D eigenvalue weighted by Crippen LogP contribution is 2.16. The fourth-order valence-electron chi connectivity index (χ4n) is 1.47. The number of benzene rings is 1. The Morgan fingerprint density at radius 3 is 2.61 bits per heavy atom. The van der Waals surface area contributed by atoms with Crippen molar-refractivity contribution in [3.05, 3.63) is 34.3 Å². The Labute approximate surface area is 122 Å². The molecule has 0 spiro atoms. The maximum atomic E-state index is 11.8. The Morgan fingerprint density at radius 1 is 1.33 bits per heavy atom. The molecule has 0 fully saturated rings. The van der Waals surface area contributed by atoms with E-state index in [4.69, 9.17) is 0 Å². The summed E-state index contributed by atoms with van der Waals surface area (Å²) >= 11 is 5.09. The van der Waals surface area contributed by atoms with Gasteiger partial charge < -0.3 is 4.90 Å². The second-order valence-corrected chi connectivity index (χ2v) is 6.19. The quantitative estimate of drug-likeness (QED) is 0.755. The number of unbranched alkanes of at least 4 members (excludes halogenated alkanes) is 1. The van der Waals surface area contributed by atoms with Crippen LogP contribution in [-0.2, 0) is 10.5 Å². The van der Waals surface area contributed by atoms with Crippen LogP contribution in [-0.4, -0.2) is 30.2 Å². The summed E-state index contributed by atoms with van der Waals surface area (Å²) in [6, 6.07) is 8.24. The molecule has 0 atom stereocenters. The molecule has 0 aliphatic carbocycles. The van der Waals surface area contributed by atoms with E-state index in [1.54, 1.807) is 11.8 Å². The fraction of sp³-hybridized carbons (Fsp3) is 0.500. The van der Waals surface area contributed by atoms with Gasteiger partial charge in [-0.05, 0) is 24.1 Å². The molecule has 18 heavy (non-hydrogen) atoms. The monoisotopic (exact) mass is 329 g/mol. The van der Waals surface area contributed by atoms with Crippen LogP contribution in [0.4, 0.5) is 0 Å². The van der Waals surface area contributed by atoms with E-state index in [0.29, 0.717) is 5.75 Å². The van der Waals surface area contributed by atoms with Crippen molar-refractivity contribution in [2.45, 2.75) is 25.5 Å². The van der Waals surface area contributed by atoms with E-state index in [1.807, 2.05) is 24.1 Å². The molecule has 1 aromatic carbocycles. The largest absolute Gasteiger partial charge is 0.345 e. The van der Waals surface area contributed by atoms with E-state index >= 15 is 0 Å². The Balaban J connectivity index is 2.24. The highest BCUT2D eigenvalue weighted by molar-refractivity contribution is 9.10. The molecular weight excluding hydrogens is 310 g/mol. The summed E-state index contributed by atoms with van der Waals surface area (Å²) in [5.41, 5.74) is 1.26. The molecule has 1 amide bonds. The zero-order valence-corrected chi connectivity index (χ0v) is 13.4. The van der Waals surface area contributed by atoms with Crippen LogP contribution in [0.25, 0.3) is 0 Å². The molecule has 0 radical (unpaired) electrons. The van der Waals surface area contributed by atoms with Crippen LogP contribution in [0.1, 0.15) is 25.3 Å². The number of nitrogens with zero attached hydrogens (tertiary/aromatic N) is 1. The first kappa shape index (κ1) is 15.6. The minimum Gasteiger partial charge on any atom is -0.345 e. The van der Waals surface area contributed by atoms with Crippen LogP contribution in [0.2, 0.25) is 0 Å². The molecule has 100 valence electrons. The minimum atomic E-state index is 0.227. The molecule has 0 N–H and O–H groups in total. The van der Waals surface area contributed by atoms with Crippen molar-refractivity contribution >= 4 is 33.6 Å². The number of hydrogen-bond donors (Lipinski definition) is 0. The molecule has 0 aliphatic rings. The van der Waals surface area contributed by atoms with Gasteiger partial charge in [-0.3, -0.25) is 4.79 Å². The van der Waals surface area contributed by atoms with Gasteiger partial charge in [0.1, 0.15) is 0 Å². The van der Waals surface area contributed by atoms with Gasteiger partial charge in [0.05, 0.1) is 5.75 Å². The van der Waals surface area contributed by atoms with E-state index < -0.39 is 0 Å². The molecule has 0 saturated heterocycles. The lowest BCUT2D eigenvalue weighted by atomic mass is 10.2. The van der Waals surface area contributed by atoms with E-state index in [2.05, 4.69) is 35.0 Å². The Kier molecular flexibility index (Phi) is 7.44. The molecule has 0 unspecified atom stereocenters. The van der Waals surface area contributed by atoms with Crippen molar-refractivity contribution in [3.8, 4) is 0 Å².